The summed E-state index contributed by atoms with van der Waals surface area (Å²) in [5, 5.41) is 3.37. The number of likely N-dealkylation sites (tertiary alicyclic amines) is 1. The van der Waals surface area contributed by atoms with Gasteiger partial charge in [-0.3, -0.25) is 4.79 Å². The molecule has 2 heterocycles. The Labute approximate surface area is 120 Å². The van der Waals surface area contributed by atoms with Gasteiger partial charge in [-0.25, -0.2) is 0 Å². The molecule has 1 aromatic rings. The molecule has 4 nitrogen and oxygen atoms in total. The summed E-state index contributed by atoms with van der Waals surface area (Å²) in [5.41, 5.74) is 2.37. The number of anilines is 1. The Morgan fingerprint density at radius 3 is 2.90 bits per heavy atom. The van der Waals surface area contributed by atoms with E-state index < -0.39 is 0 Å². The number of fused-ring (bicyclic) bond motifs is 1. The van der Waals surface area contributed by atoms with Gasteiger partial charge in [0.2, 0.25) is 5.91 Å². The van der Waals surface area contributed by atoms with Gasteiger partial charge in [0, 0.05) is 31.2 Å². The van der Waals surface area contributed by atoms with Crippen molar-refractivity contribution in [1.29, 1.82) is 0 Å². The number of likely N-dealkylation sites (N-methyl/N-ethyl adjacent to an activating group) is 1. The highest BCUT2D eigenvalue weighted by Gasteiger charge is 2.32. The van der Waals surface area contributed by atoms with Crippen LogP contribution in [-0.4, -0.2) is 55.0 Å². The third-order valence-electron chi connectivity index (χ3n) is 4.51. The molecule has 1 aromatic carbocycles. The van der Waals surface area contributed by atoms with Crippen molar-refractivity contribution < 1.29 is 4.79 Å². The van der Waals surface area contributed by atoms with Gasteiger partial charge < -0.3 is 15.1 Å². The lowest BCUT2D eigenvalue weighted by Gasteiger charge is -2.37. The van der Waals surface area contributed by atoms with E-state index >= 15 is 0 Å². The number of para-hydroxylation sites is 1. The van der Waals surface area contributed by atoms with E-state index in [-0.39, 0.29) is 11.9 Å². The minimum Gasteiger partial charge on any atom is -0.373 e. The molecule has 1 amide bonds. The zero-order valence-corrected chi connectivity index (χ0v) is 12.3. The zero-order chi connectivity index (χ0) is 14.1. The molecule has 1 N–H and O–H groups in total. The van der Waals surface area contributed by atoms with Crippen LogP contribution in [0.2, 0.25) is 0 Å². The van der Waals surface area contributed by atoms with Crippen LogP contribution in [0.1, 0.15) is 18.4 Å². The minimum atomic E-state index is -0.0756. The van der Waals surface area contributed by atoms with E-state index in [1.807, 2.05) is 17.0 Å². The number of carbonyl (C=O) groups is 1. The maximum Gasteiger partial charge on any atom is 0.245 e. The van der Waals surface area contributed by atoms with Gasteiger partial charge >= 0.3 is 0 Å². The van der Waals surface area contributed by atoms with Crippen LogP contribution in [0.4, 0.5) is 5.69 Å². The van der Waals surface area contributed by atoms with Crippen LogP contribution in [0.5, 0.6) is 0 Å². The maximum atomic E-state index is 12.7. The highest BCUT2D eigenvalue weighted by molar-refractivity contribution is 5.87. The van der Waals surface area contributed by atoms with Crippen LogP contribution in [-0.2, 0) is 11.2 Å². The number of amides is 1. The predicted octanol–water partition coefficient (Wildman–Crippen LogP) is 1.58. The summed E-state index contributed by atoms with van der Waals surface area (Å²) in [6, 6.07) is 8.64. The first-order chi connectivity index (χ1) is 9.65. The summed E-state index contributed by atoms with van der Waals surface area (Å²) >= 11 is 0. The number of nitrogens with zero attached hydrogens (tertiary/aromatic N) is 2. The molecule has 108 valence electrons. The fraction of sp³-hybridized carbons (Fsp3) is 0.562. The van der Waals surface area contributed by atoms with Crippen LogP contribution in [0.25, 0.3) is 0 Å². The van der Waals surface area contributed by atoms with Crippen LogP contribution in [0, 0.1) is 0 Å². The van der Waals surface area contributed by atoms with Crippen molar-refractivity contribution in [2.45, 2.75) is 31.3 Å². The lowest BCUT2D eigenvalue weighted by Crippen LogP contribution is -2.51. The fourth-order valence-electron chi connectivity index (χ4n) is 3.24. The molecule has 1 fully saturated rings. The van der Waals surface area contributed by atoms with Gasteiger partial charge in [0.15, 0.2) is 0 Å². The Balaban J connectivity index is 1.66. The number of nitrogens with one attached hydrogen (secondary N) is 1. The molecule has 2 aliphatic rings. The first-order valence-electron chi connectivity index (χ1n) is 7.45. The van der Waals surface area contributed by atoms with Crippen molar-refractivity contribution in [1.82, 2.24) is 9.80 Å². The third-order valence-corrected chi connectivity index (χ3v) is 4.51. The van der Waals surface area contributed by atoms with E-state index in [2.05, 4.69) is 36.4 Å². The molecular weight excluding hydrogens is 250 g/mol. The summed E-state index contributed by atoms with van der Waals surface area (Å²) in [6.07, 6.45) is 3.11. The lowest BCUT2D eigenvalue weighted by molar-refractivity contribution is -0.133. The van der Waals surface area contributed by atoms with Crippen molar-refractivity contribution in [2.24, 2.45) is 0 Å². The average molecular weight is 273 g/mol. The number of hydrogen-bond acceptors (Lipinski definition) is 3. The monoisotopic (exact) mass is 273 g/mol. The average Bonchev–Trinajstić information content (AvgIpc) is 2.90. The standard InChI is InChI=1S/C16H23N3O/c1-18(2)13-7-5-9-19(11-13)16(20)15-10-12-6-3-4-8-14(12)17-15/h3-4,6,8,13,15,17H,5,7,9-11H2,1-2H3/t13-,15-/m1/s1. The van der Waals surface area contributed by atoms with Crippen molar-refractivity contribution >= 4 is 11.6 Å². The molecule has 20 heavy (non-hydrogen) atoms. The second-order valence-electron chi connectivity index (χ2n) is 6.10. The summed E-state index contributed by atoms with van der Waals surface area (Å²) in [6.45, 7) is 1.76. The van der Waals surface area contributed by atoms with Gasteiger partial charge in [-0.05, 0) is 38.6 Å². The molecule has 0 bridgehead atoms. The first-order valence-corrected chi connectivity index (χ1v) is 7.45. The van der Waals surface area contributed by atoms with Crippen LogP contribution in [0.3, 0.4) is 0 Å². The molecule has 2 atom stereocenters. The molecule has 0 aliphatic carbocycles. The van der Waals surface area contributed by atoms with E-state index in [0.717, 1.165) is 31.6 Å². The molecule has 0 saturated carbocycles. The van der Waals surface area contributed by atoms with E-state index in [1.54, 1.807) is 0 Å². The predicted molar refractivity (Wildman–Crippen MR) is 80.8 cm³/mol. The van der Waals surface area contributed by atoms with E-state index in [9.17, 15) is 4.79 Å². The van der Waals surface area contributed by atoms with Gasteiger partial charge in [-0.15, -0.1) is 0 Å². The molecular formula is C16H23N3O. The second-order valence-corrected chi connectivity index (χ2v) is 6.10. The summed E-state index contributed by atoms with van der Waals surface area (Å²) in [7, 11) is 4.20. The van der Waals surface area contributed by atoms with Gasteiger partial charge in [-0.2, -0.15) is 0 Å². The fourth-order valence-corrected chi connectivity index (χ4v) is 3.24. The zero-order valence-electron chi connectivity index (χ0n) is 12.3. The largest absolute Gasteiger partial charge is 0.373 e. The van der Waals surface area contributed by atoms with Crippen molar-refractivity contribution in [3.63, 3.8) is 0 Å². The second kappa shape index (κ2) is 5.44. The topological polar surface area (TPSA) is 35.6 Å². The Hall–Kier alpha value is -1.55. The quantitative estimate of drug-likeness (QED) is 0.888. The van der Waals surface area contributed by atoms with Gasteiger partial charge in [0.1, 0.15) is 6.04 Å². The smallest absolute Gasteiger partial charge is 0.245 e. The summed E-state index contributed by atoms with van der Waals surface area (Å²) in [4.78, 5) is 17.0. The highest BCUT2D eigenvalue weighted by atomic mass is 16.2. The SMILES string of the molecule is CN(C)[C@@H]1CCCN(C(=O)[C@H]2Cc3ccccc3N2)C1. The van der Waals surface area contributed by atoms with Gasteiger partial charge in [0.05, 0.1) is 0 Å². The lowest BCUT2D eigenvalue weighted by atomic mass is 10.0. The van der Waals surface area contributed by atoms with Gasteiger partial charge in [-0.1, -0.05) is 18.2 Å². The molecule has 3 rings (SSSR count). The van der Waals surface area contributed by atoms with Crippen LogP contribution < -0.4 is 5.32 Å². The van der Waals surface area contributed by atoms with Crippen molar-refractivity contribution in [2.75, 3.05) is 32.5 Å². The van der Waals surface area contributed by atoms with Gasteiger partial charge in [0.25, 0.3) is 0 Å². The van der Waals surface area contributed by atoms with E-state index in [4.69, 9.17) is 0 Å². The minimum absolute atomic E-state index is 0.0756. The normalized spacial score (nSPS) is 25.4. The molecule has 4 heteroatoms. The number of benzene rings is 1. The summed E-state index contributed by atoms with van der Waals surface area (Å²) in [5.74, 6) is 0.257. The van der Waals surface area contributed by atoms with Crippen LogP contribution in [0.15, 0.2) is 24.3 Å². The number of carbonyl (C=O) groups excluding carboxylic acids is 1. The van der Waals surface area contributed by atoms with Crippen molar-refractivity contribution in [3.8, 4) is 0 Å². The Morgan fingerprint density at radius 2 is 2.15 bits per heavy atom. The number of rotatable bonds is 2. The highest BCUT2D eigenvalue weighted by Crippen LogP contribution is 2.27. The molecule has 2 aliphatic heterocycles. The maximum absolute atomic E-state index is 12.7. The molecule has 1 saturated heterocycles. The van der Waals surface area contributed by atoms with E-state index in [0.29, 0.717) is 6.04 Å². The van der Waals surface area contributed by atoms with Crippen molar-refractivity contribution in [3.05, 3.63) is 29.8 Å². The third kappa shape index (κ3) is 2.52. The Kier molecular flexibility index (Phi) is 3.66. The first kappa shape index (κ1) is 13.4. The summed E-state index contributed by atoms with van der Waals surface area (Å²) < 4.78 is 0. The molecule has 0 aromatic heterocycles. The molecule has 0 unspecified atom stereocenters. The number of hydrogen-bond donors (Lipinski definition) is 1. The Bertz CT molecular complexity index is 475. The molecule has 0 radical (unpaired) electrons. The van der Waals surface area contributed by atoms with E-state index in [1.165, 1.54) is 12.0 Å². The van der Waals surface area contributed by atoms with Crippen LogP contribution >= 0.6 is 0 Å². The Morgan fingerprint density at radius 1 is 1.35 bits per heavy atom. The number of piperidine rings is 1. The molecule has 0 spiro atoms.